The number of carbonyl (C=O) groups is 2. The summed E-state index contributed by atoms with van der Waals surface area (Å²) in [5, 5.41) is -0.0518. The van der Waals surface area contributed by atoms with Crippen molar-refractivity contribution in [1.82, 2.24) is 10.9 Å². The summed E-state index contributed by atoms with van der Waals surface area (Å²) in [5.74, 6) is -0.743. The minimum Gasteiger partial charge on any atom is -0.272 e. The van der Waals surface area contributed by atoms with E-state index in [4.69, 9.17) is 11.6 Å². The van der Waals surface area contributed by atoms with Crippen molar-refractivity contribution in [3.63, 3.8) is 0 Å². The van der Waals surface area contributed by atoms with Gasteiger partial charge in [-0.05, 0) is 35.9 Å². The van der Waals surface area contributed by atoms with E-state index in [0.717, 1.165) is 10.5 Å². The third-order valence-corrected chi connectivity index (χ3v) is 5.23. The average Bonchev–Trinajstić information content (AvgIpc) is 2.71. The Morgan fingerprint density at radius 2 is 1.48 bits per heavy atom. The molecule has 0 saturated carbocycles. The molecule has 0 bridgehead atoms. The molecule has 0 heterocycles. The summed E-state index contributed by atoms with van der Waals surface area (Å²) in [6.07, 6.45) is 0. The summed E-state index contributed by atoms with van der Waals surface area (Å²) >= 11 is 7.32. The Labute approximate surface area is 166 Å². The highest BCUT2D eigenvalue weighted by Crippen LogP contribution is 2.35. The van der Waals surface area contributed by atoms with Crippen molar-refractivity contribution in [3.8, 4) is 0 Å². The molecule has 3 rings (SSSR count). The Hall–Kier alpha value is -2.76. The molecule has 1 atom stereocenters. The maximum absolute atomic E-state index is 12.8. The molecule has 0 spiro atoms. The van der Waals surface area contributed by atoms with Crippen molar-refractivity contribution in [2.24, 2.45) is 0 Å². The topological polar surface area (TPSA) is 58.2 Å². The van der Waals surface area contributed by atoms with Crippen molar-refractivity contribution >= 4 is 35.2 Å². The van der Waals surface area contributed by atoms with E-state index in [1.54, 1.807) is 18.2 Å². The van der Waals surface area contributed by atoms with Crippen molar-refractivity contribution in [1.29, 1.82) is 0 Å². The van der Waals surface area contributed by atoms with E-state index in [1.807, 2.05) is 60.7 Å². The van der Waals surface area contributed by atoms with Gasteiger partial charge in [-0.3, -0.25) is 20.4 Å². The molecular formula is C21H17ClN2O2S. The standard InChI is InChI=1S/C21H17ClN2O2S/c22-17-11-7-10-16(14-17)20(25)23-24-21(26)19(15-8-3-1-4-9-15)27-18-12-5-2-6-13-18/h1-14,19H,(H,23,25)(H,24,26)/t19-/m1/s1. The quantitative estimate of drug-likeness (QED) is 0.488. The van der Waals surface area contributed by atoms with E-state index in [2.05, 4.69) is 10.9 Å². The van der Waals surface area contributed by atoms with Crippen LogP contribution in [0.5, 0.6) is 0 Å². The van der Waals surface area contributed by atoms with Gasteiger partial charge in [0.15, 0.2) is 0 Å². The number of hydrogen-bond donors (Lipinski definition) is 2. The summed E-state index contributed by atoms with van der Waals surface area (Å²) in [4.78, 5) is 26.0. The van der Waals surface area contributed by atoms with Crippen LogP contribution in [0, 0.1) is 0 Å². The van der Waals surface area contributed by atoms with E-state index in [9.17, 15) is 9.59 Å². The smallest absolute Gasteiger partial charge is 0.269 e. The largest absolute Gasteiger partial charge is 0.272 e. The fourth-order valence-corrected chi connectivity index (χ4v) is 3.66. The number of hydrogen-bond acceptors (Lipinski definition) is 3. The second-order valence-electron chi connectivity index (χ2n) is 5.68. The normalized spacial score (nSPS) is 11.4. The lowest BCUT2D eigenvalue weighted by Crippen LogP contribution is -2.43. The SMILES string of the molecule is O=C(NNC(=O)[C@H](Sc1ccccc1)c1ccccc1)c1cccc(Cl)c1. The minimum absolute atomic E-state index is 0.314. The van der Waals surface area contributed by atoms with Gasteiger partial charge in [0.05, 0.1) is 0 Å². The van der Waals surface area contributed by atoms with E-state index in [-0.39, 0.29) is 5.91 Å². The van der Waals surface area contributed by atoms with Crippen LogP contribution in [0.15, 0.2) is 89.8 Å². The summed E-state index contributed by atoms with van der Waals surface area (Å²) < 4.78 is 0. The molecule has 2 amide bonds. The first-order valence-corrected chi connectivity index (χ1v) is 9.51. The van der Waals surface area contributed by atoms with Crippen LogP contribution in [-0.4, -0.2) is 11.8 Å². The molecule has 3 aromatic carbocycles. The molecule has 136 valence electrons. The van der Waals surface area contributed by atoms with Gasteiger partial charge in [0.1, 0.15) is 5.25 Å². The van der Waals surface area contributed by atoms with Crippen molar-refractivity contribution in [3.05, 3.63) is 101 Å². The molecule has 27 heavy (non-hydrogen) atoms. The zero-order valence-electron chi connectivity index (χ0n) is 14.3. The summed E-state index contributed by atoms with van der Waals surface area (Å²) in [6, 6.07) is 25.6. The number of rotatable bonds is 5. The van der Waals surface area contributed by atoms with Crippen molar-refractivity contribution in [2.45, 2.75) is 10.1 Å². The van der Waals surface area contributed by atoms with Crippen molar-refractivity contribution in [2.75, 3.05) is 0 Å². The Balaban J connectivity index is 1.72. The van der Waals surface area contributed by atoms with Crippen LogP contribution < -0.4 is 10.9 Å². The maximum atomic E-state index is 12.8. The number of thioether (sulfide) groups is 1. The molecule has 0 aliphatic carbocycles. The number of benzene rings is 3. The lowest BCUT2D eigenvalue weighted by Gasteiger charge is -2.17. The van der Waals surface area contributed by atoms with Gasteiger partial charge in [-0.1, -0.05) is 66.2 Å². The highest BCUT2D eigenvalue weighted by molar-refractivity contribution is 8.00. The molecule has 6 heteroatoms. The molecule has 0 fully saturated rings. The monoisotopic (exact) mass is 396 g/mol. The first-order chi connectivity index (χ1) is 13.1. The number of nitrogens with one attached hydrogen (secondary N) is 2. The van der Waals surface area contributed by atoms with Crippen LogP contribution in [0.2, 0.25) is 5.02 Å². The lowest BCUT2D eigenvalue weighted by atomic mass is 10.1. The Kier molecular flexibility index (Phi) is 6.52. The van der Waals surface area contributed by atoms with Gasteiger partial charge in [-0.15, -0.1) is 11.8 Å². The summed E-state index contributed by atoms with van der Waals surface area (Å²) in [5.41, 5.74) is 6.19. The molecule has 0 saturated heterocycles. The van der Waals surface area contributed by atoms with Crippen LogP contribution in [0.1, 0.15) is 21.2 Å². The first kappa shape index (κ1) is 19.0. The van der Waals surface area contributed by atoms with Gasteiger partial charge >= 0.3 is 0 Å². The Morgan fingerprint density at radius 1 is 0.815 bits per heavy atom. The highest BCUT2D eigenvalue weighted by atomic mass is 35.5. The van der Waals surface area contributed by atoms with Gasteiger partial charge in [0.2, 0.25) is 0 Å². The second-order valence-corrected chi connectivity index (χ2v) is 7.29. The predicted octanol–water partition coefficient (Wildman–Crippen LogP) is 4.63. The summed E-state index contributed by atoms with van der Waals surface area (Å²) in [6.45, 7) is 0. The zero-order valence-corrected chi connectivity index (χ0v) is 15.8. The van der Waals surface area contributed by atoms with Crippen LogP contribution in [-0.2, 0) is 4.79 Å². The van der Waals surface area contributed by atoms with Crippen LogP contribution in [0.3, 0.4) is 0 Å². The van der Waals surface area contributed by atoms with Gasteiger partial charge in [0, 0.05) is 15.5 Å². The van der Waals surface area contributed by atoms with E-state index >= 15 is 0 Å². The number of amides is 2. The molecular weight excluding hydrogens is 380 g/mol. The molecule has 0 unspecified atom stereocenters. The molecule has 0 aromatic heterocycles. The van der Waals surface area contributed by atoms with Gasteiger partial charge < -0.3 is 0 Å². The fraction of sp³-hybridized carbons (Fsp3) is 0.0476. The number of halogens is 1. The molecule has 0 aliphatic rings. The Morgan fingerprint density at radius 3 is 2.15 bits per heavy atom. The average molecular weight is 397 g/mol. The van der Waals surface area contributed by atoms with Gasteiger partial charge in [0.25, 0.3) is 11.8 Å². The molecule has 4 nitrogen and oxygen atoms in total. The molecule has 3 aromatic rings. The first-order valence-electron chi connectivity index (χ1n) is 8.26. The zero-order chi connectivity index (χ0) is 19.1. The van der Waals surface area contributed by atoms with Crippen molar-refractivity contribution < 1.29 is 9.59 Å². The third kappa shape index (κ3) is 5.36. The minimum atomic E-state index is -0.506. The molecule has 0 radical (unpaired) electrons. The van der Waals surface area contributed by atoms with Gasteiger partial charge in [-0.2, -0.15) is 0 Å². The Bertz CT molecular complexity index is 920. The third-order valence-electron chi connectivity index (χ3n) is 3.72. The van der Waals surface area contributed by atoms with E-state index < -0.39 is 11.2 Å². The predicted molar refractivity (Wildman–Crippen MR) is 109 cm³/mol. The van der Waals surface area contributed by atoms with E-state index in [1.165, 1.54) is 17.8 Å². The molecule has 0 aliphatic heterocycles. The highest BCUT2D eigenvalue weighted by Gasteiger charge is 2.22. The lowest BCUT2D eigenvalue weighted by molar-refractivity contribution is -0.121. The molecule has 2 N–H and O–H groups in total. The maximum Gasteiger partial charge on any atom is 0.269 e. The van der Waals surface area contributed by atoms with E-state index in [0.29, 0.717) is 10.6 Å². The fourth-order valence-electron chi connectivity index (χ4n) is 2.42. The van der Waals surface area contributed by atoms with Gasteiger partial charge in [-0.25, -0.2) is 0 Å². The number of hydrazine groups is 1. The van der Waals surface area contributed by atoms with Crippen LogP contribution in [0.25, 0.3) is 0 Å². The number of carbonyl (C=O) groups excluding carboxylic acids is 2. The van der Waals surface area contributed by atoms with Crippen LogP contribution >= 0.6 is 23.4 Å². The summed E-state index contributed by atoms with van der Waals surface area (Å²) in [7, 11) is 0. The second kappa shape index (κ2) is 9.26. The van der Waals surface area contributed by atoms with Crippen LogP contribution in [0.4, 0.5) is 0 Å².